The van der Waals surface area contributed by atoms with Crippen molar-refractivity contribution in [2.75, 3.05) is 13.1 Å². The Labute approximate surface area is 128 Å². The summed E-state index contributed by atoms with van der Waals surface area (Å²) < 4.78 is 5.49. The highest BCUT2D eigenvalue weighted by molar-refractivity contribution is 5.95. The molecule has 3 heterocycles. The zero-order valence-corrected chi connectivity index (χ0v) is 12.9. The molecule has 2 fully saturated rings. The minimum atomic E-state index is -0.138. The third-order valence-electron chi connectivity index (χ3n) is 5.29. The SMILES string of the molecule is Cc1noc([C@]23CCC[C@H]2CN(C(=O)c2c[nH]cc2C)C3)n1. The number of hydrogen-bond acceptors (Lipinski definition) is 4. The summed E-state index contributed by atoms with van der Waals surface area (Å²) in [6, 6.07) is 0. The largest absolute Gasteiger partial charge is 0.367 e. The molecule has 1 aliphatic heterocycles. The topological polar surface area (TPSA) is 75.0 Å². The van der Waals surface area contributed by atoms with Crippen molar-refractivity contribution in [2.24, 2.45) is 5.92 Å². The number of fused-ring (bicyclic) bond motifs is 1. The third-order valence-corrected chi connectivity index (χ3v) is 5.29. The van der Waals surface area contributed by atoms with Crippen LogP contribution < -0.4 is 0 Å². The molecular weight excluding hydrogens is 280 g/mol. The van der Waals surface area contributed by atoms with Crippen molar-refractivity contribution in [3.8, 4) is 0 Å². The smallest absolute Gasteiger partial charge is 0.255 e. The summed E-state index contributed by atoms with van der Waals surface area (Å²) in [4.78, 5) is 22.2. The second-order valence-corrected chi connectivity index (χ2v) is 6.63. The predicted molar refractivity (Wildman–Crippen MR) is 79.5 cm³/mol. The second kappa shape index (κ2) is 4.69. The van der Waals surface area contributed by atoms with E-state index >= 15 is 0 Å². The number of nitrogens with one attached hydrogen (secondary N) is 1. The standard InChI is InChI=1S/C16H20N4O2/c1-10-6-17-7-13(10)14(21)20-8-12-4-3-5-16(12,9-20)15-18-11(2)19-22-15/h6-7,12,17H,3-5,8-9H2,1-2H3/t12-,16-/m0/s1. The van der Waals surface area contributed by atoms with Gasteiger partial charge in [0.05, 0.1) is 11.0 Å². The van der Waals surface area contributed by atoms with Crippen LogP contribution in [0.1, 0.15) is 46.9 Å². The first-order chi connectivity index (χ1) is 10.6. The number of nitrogens with zero attached hydrogens (tertiary/aromatic N) is 3. The molecule has 1 saturated heterocycles. The van der Waals surface area contributed by atoms with Crippen LogP contribution in [-0.2, 0) is 5.41 Å². The van der Waals surface area contributed by atoms with Crippen molar-refractivity contribution in [3.05, 3.63) is 35.2 Å². The lowest BCUT2D eigenvalue weighted by Gasteiger charge is -2.24. The Morgan fingerprint density at radius 1 is 1.45 bits per heavy atom. The Kier molecular flexibility index (Phi) is 2.89. The molecule has 1 amide bonds. The quantitative estimate of drug-likeness (QED) is 0.922. The van der Waals surface area contributed by atoms with Crippen LogP contribution in [0.4, 0.5) is 0 Å². The van der Waals surface area contributed by atoms with Crippen molar-refractivity contribution in [2.45, 2.75) is 38.5 Å². The number of aromatic nitrogens is 3. The number of likely N-dealkylation sites (tertiary alicyclic amines) is 1. The van der Waals surface area contributed by atoms with Crippen LogP contribution >= 0.6 is 0 Å². The molecule has 1 saturated carbocycles. The molecule has 0 spiro atoms. The van der Waals surface area contributed by atoms with Gasteiger partial charge in [-0.3, -0.25) is 4.79 Å². The zero-order chi connectivity index (χ0) is 15.3. The summed E-state index contributed by atoms with van der Waals surface area (Å²) in [5, 5.41) is 3.96. The number of H-pyrrole nitrogens is 1. The van der Waals surface area contributed by atoms with Crippen molar-refractivity contribution >= 4 is 5.91 Å². The fraction of sp³-hybridized carbons (Fsp3) is 0.562. The molecule has 1 aliphatic carbocycles. The summed E-state index contributed by atoms with van der Waals surface area (Å²) in [5.74, 6) is 1.91. The fourth-order valence-corrected chi connectivity index (χ4v) is 4.14. The molecule has 2 atom stereocenters. The molecule has 4 rings (SSSR count). The van der Waals surface area contributed by atoms with E-state index in [1.807, 2.05) is 24.9 Å². The first-order valence-corrected chi connectivity index (χ1v) is 7.83. The first kappa shape index (κ1) is 13.5. The second-order valence-electron chi connectivity index (χ2n) is 6.63. The van der Waals surface area contributed by atoms with E-state index < -0.39 is 0 Å². The van der Waals surface area contributed by atoms with Gasteiger partial charge in [0.15, 0.2) is 5.82 Å². The number of hydrogen-bond donors (Lipinski definition) is 1. The van der Waals surface area contributed by atoms with Crippen LogP contribution in [0.5, 0.6) is 0 Å². The Bertz CT molecular complexity index is 719. The van der Waals surface area contributed by atoms with E-state index in [4.69, 9.17) is 4.52 Å². The van der Waals surface area contributed by atoms with Crippen LogP contribution in [0.3, 0.4) is 0 Å². The minimum Gasteiger partial charge on any atom is -0.367 e. The van der Waals surface area contributed by atoms with Crippen LogP contribution in [-0.4, -0.2) is 39.0 Å². The molecule has 0 radical (unpaired) electrons. The van der Waals surface area contributed by atoms with E-state index in [0.717, 1.165) is 36.9 Å². The first-order valence-electron chi connectivity index (χ1n) is 7.83. The maximum Gasteiger partial charge on any atom is 0.255 e. The lowest BCUT2D eigenvalue weighted by Crippen LogP contribution is -2.35. The monoisotopic (exact) mass is 300 g/mol. The summed E-state index contributed by atoms with van der Waals surface area (Å²) in [7, 11) is 0. The summed E-state index contributed by atoms with van der Waals surface area (Å²) >= 11 is 0. The normalized spacial score (nSPS) is 27.4. The zero-order valence-electron chi connectivity index (χ0n) is 12.9. The fourth-order valence-electron chi connectivity index (χ4n) is 4.14. The molecular formula is C16H20N4O2. The van der Waals surface area contributed by atoms with Crippen molar-refractivity contribution < 1.29 is 9.32 Å². The number of amides is 1. The van der Waals surface area contributed by atoms with E-state index in [0.29, 0.717) is 24.2 Å². The average Bonchev–Trinajstić information content (AvgIpc) is 3.19. The lowest BCUT2D eigenvalue weighted by atomic mass is 9.80. The van der Waals surface area contributed by atoms with Crippen molar-refractivity contribution in [3.63, 3.8) is 0 Å². The van der Waals surface area contributed by atoms with Crippen LogP contribution in [0, 0.1) is 19.8 Å². The number of aromatic amines is 1. The van der Waals surface area contributed by atoms with E-state index in [9.17, 15) is 4.79 Å². The maximum atomic E-state index is 12.8. The number of aryl methyl sites for hydroxylation is 2. The molecule has 0 unspecified atom stereocenters. The minimum absolute atomic E-state index is 0.101. The van der Waals surface area contributed by atoms with Crippen molar-refractivity contribution in [1.29, 1.82) is 0 Å². The lowest BCUT2D eigenvalue weighted by molar-refractivity contribution is 0.0774. The maximum absolute atomic E-state index is 12.8. The van der Waals surface area contributed by atoms with E-state index in [2.05, 4.69) is 15.1 Å². The van der Waals surface area contributed by atoms with Gasteiger partial charge < -0.3 is 14.4 Å². The molecule has 2 aromatic rings. The average molecular weight is 300 g/mol. The molecule has 1 N–H and O–H groups in total. The van der Waals surface area contributed by atoms with Gasteiger partial charge in [-0.25, -0.2) is 0 Å². The van der Waals surface area contributed by atoms with Gasteiger partial charge in [-0.2, -0.15) is 4.98 Å². The molecule has 22 heavy (non-hydrogen) atoms. The molecule has 2 aliphatic rings. The Morgan fingerprint density at radius 3 is 3.00 bits per heavy atom. The van der Waals surface area contributed by atoms with E-state index in [-0.39, 0.29) is 11.3 Å². The van der Waals surface area contributed by atoms with Crippen molar-refractivity contribution in [1.82, 2.24) is 20.0 Å². The van der Waals surface area contributed by atoms with E-state index in [1.54, 1.807) is 6.20 Å². The summed E-state index contributed by atoms with van der Waals surface area (Å²) in [6.45, 7) is 5.26. The number of carbonyl (C=O) groups is 1. The third kappa shape index (κ3) is 1.82. The Balaban J connectivity index is 1.65. The number of carbonyl (C=O) groups excluding carboxylic acids is 1. The van der Waals surface area contributed by atoms with Gasteiger partial charge in [0.1, 0.15) is 0 Å². The van der Waals surface area contributed by atoms with E-state index in [1.165, 1.54) is 0 Å². The summed E-state index contributed by atoms with van der Waals surface area (Å²) in [6.07, 6.45) is 6.96. The van der Waals surface area contributed by atoms with Gasteiger partial charge in [0.2, 0.25) is 5.89 Å². The molecule has 2 aromatic heterocycles. The molecule has 0 bridgehead atoms. The van der Waals surface area contributed by atoms with Gasteiger partial charge >= 0.3 is 0 Å². The van der Waals surface area contributed by atoms with Gasteiger partial charge in [0, 0.05) is 25.5 Å². The van der Waals surface area contributed by atoms with Crippen LogP contribution in [0.25, 0.3) is 0 Å². The Hall–Kier alpha value is -2.11. The molecule has 6 nitrogen and oxygen atoms in total. The predicted octanol–water partition coefficient (Wildman–Crippen LogP) is 2.21. The van der Waals surface area contributed by atoms with Gasteiger partial charge in [-0.15, -0.1) is 0 Å². The van der Waals surface area contributed by atoms with Gasteiger partial charge in [-0.05, 0) is 38.2 Å². The van der Waals surface area contributed by atoms with Gasteiger partial charge in [-0.1, -0.05) is 11.6 Å². The van der Waals surface area contributed by atoms with Crippen LogP contribution in [0.2, 0.25) is 0 Å². The molecule has 6 heteroatoms. The van der Waals surface area contributed by atoms with Crippen LogP contribution in [0.15, 0.2) is 16.9 Å². The molecule has 0 aromatic carbocycles. The summed E-state index contributed by atoms with van der Waals surface area (Å²) in [5.41, 5.74) is 1.61. The van der Waals surface area contributed by atoms with Gasteiger partial charge in [0.25, 0.3) is 5.91 Å². The highest BCUT2D eigenvalue weighted by Crippen LogP contribution is 2.50. The number of rotatable bonds is 2. The highest BCUT2D eigenvalue weighted by Gasteiger charge is 2.55. The Morgan fingerprint density at radius 2 is 2.32 bits per heavy atom. The molecule has 116 valence electrons. The highest BCUT2D eigenvalue weighted by atomic mass is 16.5.